The summed E-state index contributed by atoms with van der Waals surface area (Å²) >= 11 is 0. The minimum absolute atomic E-state index is 0.0330. The summed E-state index contributed by atoms with van der Waals surface area (Å²) in [5.41, 5.74) is 4.24. The first-order valence-electron chi connectivity index (χ1n) is 15.5. The Hall–Kier alpha value is -4.36. The number of likely N-dealkylation sites (tertiary alicyclic amines) is 1. The Morgan fingerprint density at radius 1 is 0.814 bits per heavy atom. The van der Waals surface area contributed by atoms with Crippen LogP contribution in [0.4, 0.5) is 5.95 Å². The molecular formula is C36H39N5O2. The molecule has 2 aliphatic heterocycles. The summed E-state index contributed by atoms with van der Waals surface area (Å²) in [6.45, 7) is 7.19. The molecule has 0 bridgehead atoms. The first-order chi connectivity index (χ1) is 21.2. The molecule has 4 heterocycles. The zero-order valence-corrected chi connectivity index (χ0v) is 24.6. The van der Waals surface area contributed by atoms with Crippen molar-refractivity contribution in [1.82, 2.24) is 19.4 Å². The molecule has 7 nitrogen and oxygen atoms in total. The second kappa shape index (κ2) is 12.1. The quantitative estimate of drug-likeness (QED) is 0.226. The normalized spacial score (nSPS) is 19.6. The van der Waals surface area contributed by atoms with E-state index in [1.54, 1.807) is 6.26 Å². The van der Waals surface area contributed by atoms with E-state index < -0.39 is 0 Å². The largest absolute Gasteiger partial charge is 0.467 e. The molecule has 0 aliphatic carbocycles. The monoisotopic (exact) mass is 573 g/mol. The minimum atomic E-state index is -0.0330. The van der Waals surface area contributed by atoms with Gasteiger partial charge in [0.15, 0.2) is 0 Å². The molecule has 2 aromatic heterocycles. The number of nitrogens with zero attached hydrogens (tertiary/aromatic N) is 5. The third-order valence-corrected chi connectivity index (χ3v) is 9.35. The number of imidazole rings is 1. The number of hydrogen-bond acceptors (Lipinski definition) is 5. The third kappa shape index (κ3) is 5.69. The van der Waals surface area contributed by atoms with E-state index in [4.69, 9.17) is 9.40 Å². The molecule has 0 radical (unpaired) electrons. The van der Waals surface area contributed by atoms with Crippen molar-refractivity contribution in [3.8, 4) is 0 Å². The van der Waals surface area contributed by atoms with Gasteiger partial charge in [-0.2, -0.15) is 0 Å². The molecule has 0 N–H and O–H groups in total. The number of fused-ring (bicyclic) bond motifs is 1. The van der Waals surface area contributed by atoms with Crippen LogP contribution in [0.5, 0.6) is 0 Å². The van der Waals surface area contributed by atoms with Crippen molar-refractivity contribution in [1.29, 1.82) is 0 Å². The van der Waals surface area contributed by atoms with E-state index in [1.165, 1.54) is 5.56 Å². The predicted octanol–water partition coefficient (Wildman–Crippen LogP) is 6.06. The molecule has 2 aliphatic rings. The Balaban J connectivity index is 1.06. The number of hydrogen-bond donors (Lipinski definition) is 0. The highest BCUT2D eigenvalue weighted by Crippen LogP contribution is 2.39. The lowest BCUT2D eigenvalue weighted by atomic mass is 9.76. The molecule has 1 atom stereocenters. The van der Waals surface area contributed by atoms with Gasteiger partial charge in [-0.3, -0.25) is 4.79 Å². The van der Waals surface area contributed by atoms with Gasteiger partial charge in [0.25, 0.3) is 5.91 Å². The van der Waals surface area contributed by atoms with E-state index in [9.17, 15) is 4.79 Å². The number of benzene rings is 3. The lowest BCUT2D eigenvalue weighted by Gasteiger charge is -2.33. The van der Waals surface area contributed by atoms with E-state index in [1.807, 2.05) is 42.5 Å². The Morgan fingerprint density at radius 3 is 2.42 bits per heavy atom. The van der Waals surface area contributed by atoms with Crippen LogP contribution in [0.2, 0.25) is 0 Å². The van der Waals surface area contributed by atoms with Crippen molar-refractivity contribution in [2.45, 2.75) is 31.2 Å². The molecule has 1 amide bonds. The molecule has 0 saturated carbocycles. The smallest absolute Gasteiger partial charge is 0.253 e. The van der Waals surface area contributed by atoms with Crippen molar-refractivity contribution < 1.29 is 9.21 Å². The number of rotatable bonds is 8. The molecule has 7 heteroatoms. The minimum Gasteiger partial charge on any atom is -0.467 e. The van der Waals surface area contributed by atoms with Gasteiger partial charge < -0.3 is 23.7 Å². The van der Waals surface area contributed by atoms with Gasteiger partial charge in [-0.1, -0.05) is 60.7 Å². The van der Waals surface area contributed by atoms with E-state index in [0.29, 0.717) is 6.54 Å². The number of carbonyl (C=O) groups excluding carboxylic acids is 1. The summed E-state index contributed by atoms with van der Waals surface area (Å²) in [7, 11) is 0. The standard InChI is InChI=1S/C36H39N5O2/c42-34(29-11-3-1-4-12-29)40-23-19-36(28-40,30-13-5-2-6-14-30)18-22-38-20-10-21-39(25-24-38)35-37-32-16-7-8-17-33(32)41(35)27-31-15-9-26-43-31/h1-9,11-17,26H,10,18-25,27-28H2. The number of furan rings is 1. The molecule has 7 rings (SSSR count). The third-order valence-electron chi connectivity index (χ3n) is 9.35. The van der Waals surface area contributed by atoms with Crippen molar-refractivity contribution in [2.24, 2.45) is 0 Å². The number of amides is 1. The number of aromatic nitrogens is 2. The lowest BCUT2D eigenvalue weighted by Crippen LogP contribution is -2.39. The topological polar surface area (TPSA) is 57.8 Å². The van der Waals surface area contributed by atoms with Crippen LogP contribution in [0.15, 0.2) is 108 Å². The molecule has 2 fully saturated rings. The van der Waals surface area contributed by atoms with Gasteiger partial charge in [0, 0.05) is 43.7 Å². The molecule has 3 aromatic carbocycles. The number of carbonyl (C=O) groups is 1. The van der Waals surface area contributed by atoms with E-state index in [0.717, 1.165) is 93.4 Å². The first-order valence-corrected chi connectivity index (χ1v) is 15.5. The van der Waals surface area contributed by atoms with Crippen LogP contribution in [-0.2, 0) is 12.0 Å². The van der Waals surface area contributed by atoms with Crippen molar-refractivity contribution in [2.75, 3.05) is 50.7 Å². The van der Waals surface area contributed by atoms with Gasteiger partial charge in [0.1, 0.15) is 5.76 Å². The van der Waals surface area contributed by atoms with Crippen LogP contribution in [0.3, 0.4) is 0 Å². The molecule has 0 spiro atoms. The zero-order chi connectivity index (χ0) is 29.1. The van der Waals surface area contributed by atoms with Crippen molar-refractivity contribution >= 4 is 22.9 Å². The van der Waals surface area contributed by atoms with Crippen LogP contribution in [0.1, 0.15) is 40.9 Å². The molecule has 5 aromatic rings. The maximum absolute atomic E-state index is 13.4. The average Bonchev–Trinajstić information content (AvgIpc) is 3.78. The summed E-state index contributed by atoms with van der Waals surface area (Å²) in [6, 6.07) is 32.9. The maximum atomic E-state index is 13.4. The second-order valence-electron chi connectivity index (χ2n) is 12.0. The van der Waals surface area contributed by atoms with Crippen molar-refractivity contribution in [3.63, 3.8) is 0 Å². The zero-order valence-electron chi connectivity index (χ0n) is 24.6. The molecule has 220 valence electrons. The highest BCUT2D eigenvalue weighted by atomic mass is 16.3. The molecule has 1 unspecified atom stereocenters. The van der Waals surface area contributed by atoms with Crippen LogP contribution in [-0.4, -0.2) is 71.1 Å². The van der Waals surface area contributed by atoms with Crippen LogP contribution < -0.4 is 4.90 Å². The fraction of sp³-hybridized carbons (Fsp3) is 0.333. The van der Waals surface area contributed by atoms with Gasteiger partial charge in [-0.25, -0.2) is 4.98 Å². The number of para-hydroxylation sites is 2. The average molecular weight is 574 g/mol. The molecular weight excluding hydrogens is 534 g/mol. The summed E-state index contributed by atoms with van der Waals surface area (Å²) in [4.78, 5) is 25.6. The molecule has 43 heavy (non-hydrogen) atoms. The van der Waals surface area contributed by atoms with Gasteiger partial charge >= 0.3 is 0 Å². The fourth-order valence-electron chi connectivity index (χ4n) is 6.97. The Labute approximate surface area is 253 Å². The van der Waals surface area contributed by atoms with Crippen molar-refractivity contribution in [3.05, 3.63) is 120 Å². The Kier molecular flexibility index (Phi) is 7.73. The van der Waals surface area contributed by atoms with Gasteiger partial charge in [0.2, 0.25) is 5.95 Å². The molecule has 2 saturated heterocycles. The van der Waals surface area contributed by atoms with Gasteiger partial charge in [0.05, 0.1) is 23.8 Å². The summed E-state index contributed by atoms with van der Waals surface area (Å²) in [6.07, 6.45) is 4.85. The summed E-state index contributed by atoms with van der Waals surface area (Å²) in [5.74, 6) is 2.09. The summed E-state index contributed by atoms with van der Waals surface area (Å²) < 4.78 is 8.01. The van der Waals surface area contributed by atoms with Gasteiger partial charge in [-0.05, 0) is 74.3 Å². The van der Waals surface area contributed by atoms with E-state index >= 15 is 0 Å². The first kappa shape index (κ1) is 27.5. The highest BCUT2D eigenvalue weighted by Gasteiger charge is 2.41. The van der Waals surface area contributed by atoms with Crippen LogP contribution >= 0.6 is 0 Å². The van der Waals surface area contributed by atoms with E-state index in [-0.39, 0.29) is 11.3 Å². The predicted molar refractivity (Wildman–Crippen MR) is 171 cm³/mol. The SMILES string of the molecule is O=C(c1ccccc1)N1CCC(CCN2CCCN(c3nc4ccccc4n3Cc3ccco3)CC2)(c2ccccc2)C1. The maximum Gasteiger partial charge on any atom is 0.253 e. The number of anilines is 1. The summed E-state index contributed by atoms with van der Waals surface area (Å²) in [5, 5.41) is 0. The Morgan fingerprint density at radius 2 is 1.60 bits per heavy atom. The van der Waals surface area contributed by atoms with Crippen LogP contribution in [0, 0.1) is 0 Å². The van der Waals surface area contributed by atoms with Crippen LogP contribution in [0.25, 0.3) is 11.0 Å². The highest BCUT2D eigenvalue weighted by molar-refractivity contribution is 5.94. The Bertz CT molecular complexity index is 1650. The second-order valence-corrected chi connectivity index (χ2v) is 12.0. The lowest BCUT2D eigenvalue weighted by molar-refractivity contribution is 0.0781. The fourth-order valence-corrected chi connectivity index (χ4v) is 6.97. The van der Waals surface area contributed by atoms with Gasteiger partial charge in [-0.15, -0.1) is 0 Å². The van der Waals surface area contributed by atoms with E-state index in [2.05, 4.69) is 73.9 Å².